The lowest BCUT2D eigenvalue weighted by Gasteiger charge is -2.27. The number of aliphatic hydroxyl groups excluding tert-OH is 1. The van der Waals surface area contributed by atoms with Crippen molar-refractivity contribution < 1.29 is 14.6 Å². The number of Topliss-reactive ketones (excluding diaryl/α,β-unsaturated/α-hetero) is 1. The Morgan fingerprint density at radius 3 is 2.41 bits per heavy atom. The van der Waals surface area contributed by atoms with Crippen LogP contribution in [0, 0.1) is 38.5 Å². The third-order valence-electron chi connectivity index (χ3n) is 7.17. The summed E-state index contributed by atoms with van der Waals surface area (Å²) in [6, 6.07) is 14.7. The zero-order chi connectivity index (χ0) is 20.3. The van der Waals surface area contributed by atoms with Crippen molar-refractivity contribution in [1.29, 1.82) is 0 Å². The van der Waals surface area contributed by atoms with E-state index in [0.29, 0.717) is 11.5 Å². The van der Waals surface area contributed by atoms with Crippen molar-refractivity contribution in [2.24, 2.45) is 17.8 Å². The Hall–Kier alpha value is -2.39. The third kappa shape index (κ3) is 2.86. The summed E-state index contributed by atoms with van der Waals surface area (Å²) in [5, 5.41) is 11.2. The minimum Gasteiger partial charge on any atom is -0.511 e. The monoisotopic (exact) mass is 388 g/mol. The molecule has 1 aliphatic carbocycles. The largest absolute Gasteiger partial charge is 0.511 e. The smallest absolute Gasteiger partial charge is 0.173 e. The number of aryl methyl sites for hydroxylation is 4. The van der Waals surface area contributed by atoms with Gasteiger partial charge in [-0.3, -0.25) is 4.79 Å². The lowest BCUT2D eigenvalue weighted by Crippen LogP contribution is -2.34. The predicted octanol–water partition coefficient (Wildman–Crippen LogP) is 5.12. The Morgan fingerprint density at radius 2 is 1.72 bits per heavy atom. The van der Waals surface area contributed by atoms with Crippen molar-refractivity contribution in [3.63, 3.8) is 0 Å². The molecule has 5 atom stereocenters. The van der Waals surface area contributed by atoms with Crippen molar-refractivity contribution in [2.75, 3.05) is 0 Å². The average Bonchev–Trinajstić information content (AvgIpc) is 3.33. The number of carbonyl (C=O) groups excluding carboxylic acids is 1. The van der Waals surface area contributed by atoms with Crippen LogP contribution in [0.5, 0.6) is 0 Å². The van der Waals surface area contributed by atoms with E-state index in [1.807, 2.05) is 19.9 Å². The van der Waals surface area contributed by atoms with Gasteiger partial charge in [0.1, 0.15) is 5.76 Å². The molecule has 2 aromatic rings. The number of rotatable bonds is 4. The summed E-state index contributed by atoms with van der Waals surface area (Å²) in [6.45, 7) is 6.13. The number of benzene rings is 2. The molecule has 0 radical (unpaired) electrons. The molecule has 2 bridgehead atoms. The van der Waals surface area contributed by atoms with Gasteiger partial charge >= 0.3 is 0 Å². The topological polar surface area (TPSA) is 46.5 Å². The first-order valence-corrected chi connectivity index (χ1v) is 10.7. The number of hydrogen-bond donors (Lipinski definition) is 1. The summed E-state index contributed by atoms with van der Waals surface area (Å²) in [5.41, 5.74) is 6.11. The molecule has 2 aliphatic heterocycles. The molecule has 29 heavy (non-hydrogen) atoms. The Kier molecular flexibility index (Phi) is 4.40. The van der Waals surface area contributed by atoms with Gasteiger partial charge in [0, 0.05) is 0 Å². The zero-order valence-corrected chi connectivity index (χ0v) is 17.3. The molecule has 5 rings (SSSR count). The summed E-state index contributed by atoms with van der Waals surface area (Å²) in [7, 11) is 0. The van der Waals surface area contributed by atoms with Crippen LogP contribution >= 0.6 is 0 Å². The van der Waals surface area contributed by atoms with E-state index >= 15 is 0 Å². The normalized spacial score (nSPS) is 30.3. The molecule has 0 unspecified atom stereocenters. The highest BCUT2D eigenvalue weighted by atomic mass is 16.5. The quantitative estimate of drug-likeness (QED) is 0.791. The van der Waals surface area contributed by atoms with Crippen molar-refractivity contribution in [2.45, 2.75) is 52.2 Å². The number of ether oxygens (including phenoxy) is 1. The van der Waals surface area contributed by atoms with Gasteiger partial charge in [0.25, 0.3) is 0 Å². The molecule has 2 fully saturated rings. The van der Waals surface area contributed by atoms with Crippen LogP contribution in [-0.2, 0) is 16.0 Å². The van der Waals surface area contributed by atoms with E-state index < -0.39 is 0 Å². The van der Waals surface area contributed by atoms with Gasteiger partial charge in [0.2, 0.25) is 0 Å². The van der Waals surface area contributed by atoms with Crippen LogP contribution in [0.4, 0.5) is 0 Å². The van der Waals surface area contributed by atoms with Gasteiger partial charge in [-0.15, -0.1) is 0 Å². The SMILES string of the molecule is Cc1cc(C)c(C2=C(O)[C@@H]3[C@@H]4O[C@@H](C[C@H]4CCc4ccccc4)[C@@H]3C2=O)c(C)c1. The van der Waals surface area contributed by atoms with Crippen molar-refractivity contribution in [3.8, 4) is 0 Å². The number of hydrogen-bond acceptors (Lipinski definition) is 3. The minimum absolute atomic E-state index is 0.0405. The number of carbonyl (C=O) groups is 1. The highest BCUT2D eigenvalue weighted by molar-refractivity contribution is 6.26. The first-order valence-electron chi connectivity index (χ1n) is 10.7. The molecule has 0 spiro atoms. The Balaban J connectivity index is 1.44. The lowest BCUT2D eigenvalue weighted by molar-refractivity contribution is -0.118. The summed E-state index contributed by atoms with van der Waals surface area (Å²) in [6.07, 6.45) is 2.88. The van der Waals surface area contributed by atoms with Crippen LogP contribution in [0.1, 0.15) is 40.7 Å². The molecule has 2 aromatic carbocycles. The van der Waals surface area contributed by atoms with Crippen LogP contribution in [0.25, 0.3) is 5.57 Å². The molecule has 0 aromatic heterocycles. The first kappa shape index (κ1) is 18.6. The van der Waals surface area contributed by atoms with E-state index in [-0.39, 0.29) is 35.6 Å². The van der Waals surface area contributed by atoms with Gasteiger partial charge in [-0.1, -0.05) is 48.0 Å². The van der Waals surface area contributed by atoms with Crippen molar-refractivity contribution in [1.82, 2.24) is 0 Å². The number of ketones is 1. The molecule has 0 saturated carbocycles. The highest BCUT2D eigenvalue weighted by Crippen LogP contribution is 2.56. The standard InChI is InChI=1S/C26H28O3/c1-14-11-15(2)20(16(3)12-14)22-24(27)21-19-13-18(26(29-19)23(21)25(22)28)10-9-17-7-5-4-6-8-17/h4-8,11-12,18-19,21,23,26,28H,9-10,13H2,1-3H3/t18-,19+,21+,23-,26-/m1/s1. The van der Waals surface area contributed by atoms with Gasteiger partial charge in [0.15, 0.2) is 5.78 Å². The van der Waals surface area contributed by atoms with E-state index in [4.69, 9.17) is 4.74 Å². The Bertz CT molecular complexity index is 981. The number of allylic oxidation sites excluding steroid dienone is 1. The van der Waals surface area contributed by atoms with Gasteiger partial charge in [0.05, 0.1) is 29.6 Å². The average molecular weight is 389 g/mol. The minimum atomic E-state index is -0.205. The molecule has 2 heterocycles. The van der Waals surface area contributed by atoms with Gasteiger partial charge in [-0.2, -0.15) is 0 Å². The first-order chi connectivity index (χ1) is 14.0. The molecule has 150 valence electrons. The van der Waals surface area contributed by atoms with E-state index in [2.05, 4.69) is 43.3 Å². The van der Waals surface area contributed by atoms with Crippen LogP contribution in [0.3, 0.4) is 0 Å². The molecule has 3 heteroatoms. The van der Waals surface area contributed by atoms with Crippen LogP contribution in [0.15, 0.2) is 48.2 Å². The lowest BCUT2D eigenvalue weighted by atomic mass is 9.73. The van der Waals surface area contributed by atoms with Crippen molar-refractivity contribution >= 4 is 11.4 Å². The molecule has 2 saturated heterocycles. The highest BCUT2D eigenvalue weighted by Gasteiger charge is 2.62. The summed E-state index contributed by atoms with van der Waals surface area (Å²) >= 11 is 0. The van der Waals surface area contributed by atoms with Crippen LogP contribution in [0.2, 0.25) is 0 Å². The third-order valence-corrected chi connectivity index (χ3v) is 7.17. The Morgan fingerprint density at radius 1 is 1.03 bits per heavy atom. The van der Waals surface area contributed by atoms with E-state index in [9.17, 15) is 9.90 Å². The Labute approximate surface area is 172 Å². The molecule has 3 nitrogen and oxygen atoms in total. The van der Waals surface area contributed by atoms with Crippen LogP contribution < -0.4 is 0 Å². The molecule has 0 amide bonds. The second kappa shape index (κ2) is 6.84. The summed E-state index contributed by atoms with van der Waals surface area (Å²) in [5.74, 6) is 0.375. The maximum Gasteiger partial charge on any atom is 0.173 e. The van der Waals surface area contributed by atoms with Gasteiger partial charge < -0.3 is 9.84 Å². The fraction of sp³-hybridized carbons (Fsp3) is 0.423. The fourth-order valence-corrected chi connectivity index (χ4v) is 6.07. The van der Waals surface area contributed by atoms with Crippen LogP contribution in [-0.4, -0.2) is 23.1 Å². The van der Waals surface area contributed by atoms with E-state index in [1.165, 1.54) is 11.1 Å². The van der Waals surface area contributed by atoms with Gasteiger partial charge in [-0.25, -0.2) is 0 Å². The fourth-order valence-electron chi connectivity index (χ4n) is 6.07. The second-order valence-electron chi connectivity index (χ2n) is 9.11. The molecule has 1 N–H and O–H groups in total. The maximum absolute atomic E-state index is 13.4. The molecular weight excluding hydrogens is 360 g/mol. The number of fused-ring (bicyclic) bond motifs is 5. The predicted molar refractivity (Wildman–Crippen MR) is 114 cm³/mol. The molecular formula is C26H28O3. The van der Waals surface area contributed by atoms with E-state index in [1.54, 1.807) is 0 Å². The van der Waals surface area contributed by atoms with E-state index in [0.717, 1.165) is 36.0 Å². The zero-order valence-electron chi connectivity index (χ0n) is 17.3. The number of aliphatic hydroxyl groups is 1. The van der Waals surface area contributed by atoms with Gasteiger partial charge in [-0.05, 0) is 68.2 Å². The molecule has 3 aliphatic rings. The second-order valence-corrected chi connectivity index (χ2v) is 9.11. The maximum atomic E-state index is 13.4. The van der Waals surface area contributed by atoms with Crippen molar-refractivity contribution in [3.05, 3.63) is 76.0 Å². The summed E-state index contributed by atoms with van der Waals surface area (Å²) < 4.78 is 6.23. The summed E-state index contributed by atoms with van der Waals surface area (Å²) in [4.78, 5) is 13.4.